The first-order chi connectivity index (χ1) is 12.2. The second-order valence-electron chi connectivity index (χ2n) is 5.88. The molecule has 2 amide bonds. The molecule has 1 unspecified atom stereocenters. The lowest BCUT2D eigenvalue weighted by atomic mass is 10.2. The predicted molar refractivity (Wildman–Crippen MR) is 89.5 cm³/mol. The molecule has 10 heteroatoms. The van der Waals surface area contributed by atoms with Crippen molar-refractivity contribution in [2.75, 3.05) is 31.7 Å². The van der Waals surface area contributed by atoms with E-state index in [1.807, 2.05) is 0 Å². The van der Waals surface area contributed by atoms with Gasteiger partial charge in [-0.1, -0.05) is 12.1 Å². The normalized spacial score (nSPS) is 18.2. The van der Waals surface area contributed by atoms with E-state index >= 15 is 0 Å². The smallest absolute Gasteiger partial charge is 0.325 e. The van der Waals surface area contributed by atoms with Crippen molar-refractivity contribution < 1.29 is 31.9 Å². The Bertz CT molecular complexity index is 811. The van der Waals surface area contributed by atoms with E-state index in [2.05, 4.69) is 5.32 Å². The van der Waals surface area contributed by atoms with E-state index in [4.69, 9.17) is 4.74 Å². The van der Waals surface area contributed by atoms with Gasteiger partial charge in [0.1, 0.15) is 12.4 Å². The van der Waals surface area contributed by atoms with Gasteiger partial charge in [-0.15, -0.1) is 0 Å². The lowest BCUT2D eigenvalue weighted by Gasteiger charge is -2.23. The Morgan fingerprint density at radius 1 is 1.31 bits per heavy atom. The molecule has 1 aromatic carbocycles. The molecule has 0 radical (unpaired) electrons. The number of nitrogens with zero attached hydrogens (tertiary/aromatic N) is 1. The molecule has 1 atom stereocenters. The monoisotopic (exact) mass is 386 g/mol. The fraction of sp³-hybridized carbons (Fsp3) is 0.438. The predicted octanol–water partition coefficient (Wildman–Crippen LogP) is -0.256. The number of esters is 1. The Balaban J connectivity index is 1.75. The summed E-state index contributed by atoms with van der Waals surface area (Å²) in [4.78, 5) is 36.6. The van der Waals surface area contributed by atoms with Gasteiger partial charge >= 0.3 is 5.97 Å². The molecule has 0 saturated carbocycles. The van der Waals surface area contributed by atoms with E-state index in [0.717, 1.165) is 6.07 Å². The fourth-order valence-electron chi connectivity index (χ4n) is 2.47. The quantitative estimate of drug-likeness (QED) is 0.675. The van der Waals surface area contributed by atoms with Crippen molar-refractivity contribution in [3.63, 3.8) is 0 Å². The first-order valence-corrected chi connectivity index (χ1v) is 9.66. The zero-order valence-electron chi connectivity index (χ0n) is 14.1. The second kappa shape index (κ2) is 8.26. The highest BCUT2D eigenvalue weighted by Gasteiger charge is 2.32. The average Bonchev–Trinajstić information content (AvgIpc) is 2.97. The molecule has 2 rings (SSSR count). The standard InChI is InChI=1S/C16H19FN2O6S/c1-19(11-6-7-26(23,24)10-11)14(20)9-25-15(21)8-18-16(22)12-4-2-3-5-13(12)17/h2-5,11H,6-10H2,1H3,(H,18,22). The number of sulfone groups is 1. The summed E-state index contributed by atoms with van der Waals surface area (Å²) >= 11 is 0. The minimum Gasteiger partial charge on any atom is -0.454 e. The minimum atomic E-state index is -3.13. The summed E-state index contributed by atoms with van der Waals surface area (Å²) in [5, 5.41) is 2.20. The third-order valence-corrected chi connectivity index (χ3v) is 5.77. The summed E-state index contributed by atoms with van der Waals surface area (Å²) in [5.41, 5.74) is -0.210. The summed E-state index contributed by atoms with van der Waals surface area (Å²) in [6.45, 7) is -1.09. The first-order valence-electron chi connectivity index (χ1n) is 7.84. The molecule has 8 nitrogen and oxygen atoms in total. The Hall–Kier alpha value is -2.49. The number of carbonyl (C=O) groups is 3. The number of halogens is 1. The molecule has 1 heterocycles. The van der Waals surface area contributed by atoms with Crippen LogP contribution in [0.1, 0.15) is 16.8 Å². The molecule has 0 aromatic heterocycles. The van der Waals surface area contributed by atoms with E-state index in [1.165, 1.54) is 30.1 Å². The number of hydrogen-bond acceptors (Lipinski definition) is 6. The van der Waals surface area contributed by atoms with Crippen molar-refractivity contribution in [2.45, 2.75) is 12.5 Å². The molecule has 0 spiro atoms. The molecule has 1 aromatic rings. The maximum absolute atomic E-state index is 13.4. The van der Waals surface area contributed by atoms with Crippen LogP contribution in [0.25, 0.3) is 0 Å². The maximum atomic E-state index is 13.4. The van der Waals surface area contributed by atoms with Gasteiger partial charge in [-0.2, -0.15) is 0 Å². The molecule has 1 fully saturated rings. The fourth-order valence-corrected chi connectivity index (χ4v) is 4.25. The number of rotatable bonds is 6. The number of ether oxygens (including phenoxy) is 1. The summed E-state index contributed by atoms with van der Waals surface area (Å²) in [6.07, 6.45) is 0.344. The number of amides is 2. The number of likely N-dealkylation sites (N-methyl/N-ethyl adjacent to an activating group) is 1. The van der Waals surface area contributed by atoms with Crippen LogP contribution in [0, 0.1) is 5.82 Å². The largest absolute Gasteiger partial charge is 0.454 e. The molecular weight excluding hydrogens is 367 g/mol. The molecule has 142 valence electrons. The highest BCUT2D eigenvalue weighted by atomic mass is 32.2. The number of benzene rings is 1. The van der Waals surface area contributed by atoms with Crippen LogP contribution in [0.3, 0.4) is 0 Å². The van der Waals surface area contributed by atoms with Crippen LogP contribution < -0.4 is 5.32 Å². The van der Waals surface area contributed by atoms with E-state index in [1.54, 1.807) is 0 Å². The Morgan fingerprint density at radius 2 is 2.00 bits per heavy atom. The molecule has 26 heavy (non-hydrogen) atoms. The highest BCUT2D eigenvalue weighted by Crippen LogP contribution is 2.16. The van der Waals surface area contributed by atoms with Crippen molar-refractivity contribution in [3.8, 4) is 0 Å². The third kappa shape index (κ3) is 5.25. The van der Waals surface area contributed by atoms with E-state index < -0.39 is 52.6 Å². The molecular formula is C16H19FN2O6S. The van der Waals surface area contributed by atoms with E-state index in [-0.39, 0.29) is 17.1 Å². The van der Waals surface area contributed by atoms with Crippen LogP contribution in [-0.2, 0) is 24.2 Å². The Morgan fingerprint density at radius 3 is 2.62 bits per heavy atom. The number of hydrogen-bond donors (Lipinski definition) is 1. The van der Waals surface area contributed by atoms with Gasteiger partial charge in [-0.25, -0.2) is 12.8 Å². The van der Waals surface area contributed by atoms with Crippen molar-refractivity contribution in [1.29, 1.82) is 0 Å². The topological polar surface area (TPSA) is 110 Å². The van der Waals surface area contributed by atoms with Gasteiger partial charge in [0.05, 0.1) is 17.1 Å². The van der Waals surface area contributed by atoms with Gasteiger partial charge in [-0.3, -0.25) is 14.4 Å². The SMILES string of the molecule is CN(C(=O)COC(=O)CNC(=O)c1ccccc1F)C1CCS(=O)(=O)C1. The molecule has 0 bridgehead atoms. The van der Waals surface area contributed by atoms with Gasteiger partial charge in [0.25, 0.3) is 11.8 Å². The molecule has 0 aliphatic carbocycles. The molecule has 1 aliphatic heterocycles. The highest BCUT2D eigenvalue weighted by molar-refractivity contribution is 7.91. The summed E-state index contributed by atoms with van der Waals surface area (Å²) in [7, 11) is -1.69. The molecule has 1 N–H and O–H groups in total. The molecule has 1 aliphatic rings. The van der Waals surface area contributed by atoms with Crippen molar-refractivity contribution >= 4 is 27.6 Å². The third-order valence-electron chi connectivity index (χ3n) is 4.02. The summed E-state index contributed by atoms with van der Waals surface area (Å²) < 4.78 is 41.1. The molecule has 1 saturated heterocycles. The van der Waals surface area contributed by atoms with Gasteiger partial charge in [-0.05, 0) is 18.6 Å². The van der Waals surface area contributed by atoms with Gasteiger partial charge in [0, 0.05) is 13.1 Å². The Labute approximate surface area is 150 Å². The van der Waals surface area contributed by atoms with Crippen LogP contribution in [0.5, 0.6) is 0 Å². The van der Waals surface area contributed by atoms with Crippen molar-refractivity contribution in [1.82, 2.24) is 10.2 Å². The minimum absolute atomic E-state index is 0.0250. The lowest BCUT2D eigenvalue weighted by molar-refractivity contribution is -0.151. The van der Waals surface area contributed by atoms with Crippen LogP contribution in [0.4, 0.5) is 4.39 Å². The zero-order chi connectivity index (χ0) is 19.3. The zero-order valence-corrected chi connectivity index (χ0v) is 14.9. The summed E-state index contributed by atoms with van der Waals surface area (Å²) in [6, 6.07) is 4.85. The van der Waals surface area contributed by atoms with Crippen LogP contribution in [0.2, 0.25) is 0 Å². The van der Waals surface area contributed by atoms with Gasteiger partial charge in [0.2, 0.25) is 0 Å². The Kier molecular flexibility index (Phi) is 6.30. The van der Waals surface area contributed by atoms with E-state index in [9.17, 15) is 27.2 Å². The van der Waals surface area contributed by atoms with Crippen molar-refractivity contribution in [2.24, 2.45) is 0 Å². The van der Waals surface area contributed by atoms with E-state index in [0.29, 0.717) is 6.42 Å². The first kappa shape index (κ1) is 19.8. The van der Waals surface area contributed by atoms with Gasteiger partial charge < -0.3 is 15.0 Å². The van der Waals surface area contributed by atoms with Crippen molar-refractivity contribution in [3.05, 3.63) is 35.6 Å². The van der Waals surface area contributed by atoms with Crippen LogP contribution in [-0.4, -0.2) is 68.8 Å². The number of nitrogens with one attached hydrogen (secondary N) is 1. The maximum Gasteiger partial charge on any atom is 0.325 e. The van der Waals surface area contributed by atoms with Crippen LogP contribution >= 0.6 is 0 Å². The second-order valence-corrected chi connectivity index (χ2v) is 8.11. The van der Waals surface area contributed by atoms with Gasteiger partial charge in [0.15, 0.2) is 16.4 Å². The lowest BCUT2D eigenvalue weighted by Crippen LogP contribution is -2.41. The van der Waals surface area contributed by atoms with Crippen LogP contribution in [0.15, 0.2) is 24.3 Å². The average molecular weight is 386 g/mol. The number of carbonyl (C=O) groups excluding carboxylic acids is 3. The summed E-state index contributed by atoms with van der Waals surface area (Å²) in [5.74, 6) is -2.99.